The van der Waals surface area contributed by atoms with Gasteiger partial charge in [-0.05, 0) is 83.0 Å². The second-order valence-corrected chi connectivity index (χ2v) is 14.7. The van der Waals surface area contributed by atoms with E-state index < -0.39 is 5.92 Å². The van der Waals surface area contributed by atoms with Crippen molar-refractivity contribution in [2.75, 3.05) is 25.6 Å². The maximum absolute atomic E-state index is 13.9. The standard InChI is InChI=1S/C34H38ClIN2O5/c1-7-42-27-13-19(12-21(36)32(27)43-18-28(41)37-22-11-9-8-10-20(22)35)29-30-23(14-33(2,3)16-25(30)39)38(6)24-15-34(4,5)17-26(40)31(24)29/h8-13,29H,7,14-18H2,1-6H3,(H,37,41). The third-order valence-electron chi connectivity index (χ3n) is 8.34. The molecule has 2 aliphatic carbocycles. The van der Waals surface area contributed by atoms with Gasteiger partial charge in [0.2, 0.25) is 0 Å². The number of hydrogen-bond acceptors (Lipinski definition) is 6. The number of carbonyl (C=O) groups excluding carboxylic acids is 3. The van der Waals surface area contributed by atoms with Gasteiger partial charge in [-0.25, -0.2) is 0 Å². The normalized spacial score (nSPS) is 19.7. The smallest absolute Gasteiger partial charge is 0.262 e. The molecule has 0 atom stereocenters. The van der Waals surface area contributed by atoms with E-state index in [2.05, 4.69) is 60.5 Å². The van der Waals surface area contributed by atoms with Crippen LogP contribution >= 0.6 is 34.2 Å². The van der Waals surface area contributed by atoms with Crippen LogP contribution in [0, 0.1) is 14.4 Å². The fourth-order valence-electron chi connectivity index (χ4n) is 6.54. The number of Topliss-reactive ketones (excluding diaryl/α,β-unsaturated/α-hetero) is 2. The largest absolute Gasteiger partial charge is 0.490 e. The molecule has 2 aromatic rings. The molecular weight excluding hydrogens is 679 g/mol. The van der Waals surface area contributed by atoms with Crippen molar-refractivity contribution in [3.63, 3.8) is 0 Å². The second kappa shape index (κ2) is 11.9. The number of allylic oxidation sites excluding steroid dienone is 4. The molecule has 1 amide bonds. The molecule has 228 valence electrons. The van der Waals surface area contributed by atoms with E-state index in [1.165, 1.54) is 0 Å². The number of anilines is 1. The van der Waals surface area contributed by atoms with Gasteiger partial charge in [-0.3, -0.25) is 14.4 Å². The number of benzene rings is 2. The highest BCUT2D eigenvalue weighted by molar-refractivity contribution is 14.1. The summed E-state index contributed by atoms with van der Waals surface area (Å²) in [5.41, 5.74) is 4.39. The lowest BCUT2D eigenvalue weighted by molar-refractivity contribution is -0.120. The Hall–Kier alpha value is -2.85. The van der Waals surface area contributed by atoms with Crippen molar-refractivity contribution in [3.8, 4) is 11.5 Å². The molecule has 1 aliphatic heterocycles. The topological polar surface area (TPSA) is 84.9 Å². The zero-order valence-electron chi connectivity index (χ0n) is 25.5. The maximum Gasteiger partial charge on any atom is 0.262 e. The highest BCUT2D eigenvalue weighted by Crippen LogP contribution is 2.54. The van der Waals surface area contributed by atoms with Crippen LogP contribution in [0.5, 0.6) is 11.5 Å². The van der Waals surface area contributed by atoms with E-state index in [1.807, 2.05) is 26.1 Å². The van der Waals surface area contributed by atoms with Crippen LogP contribution in [-0.4, -0.2) is 42.6 Å². The van der Waals surface area contributed by atoms with E-state index in [-0.39, 0.29) is 34.9 Å². The third kappa shape index (κ3) is 6.36. The lowest BCUT2D eigenvalue weighted by atomic mass is 9.64. The van der Waals surface area contributed by atoms with Gasteiger partial charge in [0, 0.05) is 48.3 Å². The lowest BCUT2D eigenvalue weighted by Gasteiger charge is -2.48. The number of nitrogens with zero attached hydrogens (tertiary/aromatic N) is 1. The molecule has 3 aliphatic rings. The van der Waals surface area contributed by atoms with Gasteiger partial charge >= 0.3 is 0 Å². The fourth-order valence-corrected chi connectivity index (χ4v) is 7.51. The van der Waals surface area contributed by atoms with Crippen LogP contribution < -0.4 is 14.8 Å². The Kier molecular flexibility index (Phi) is 8.75. The maximum atomic E-state index is 13.9. The zero-order valence-corrected chi connectivity index (χ0v) is 28.4. The third-order valence-corrected chi connectivity index (χ3v) is 9.47. The molecule has 2 aromatic carbocycles. The summed E-state index contributed by atoms with van der Waals surface area (Å²) < 4.78 is 12.8. The summed E-state index contributed by atoms with van der Waals surface area (Å²) in [6.45, 7) is 10.5. The zero-order chi connectivity index (χ0) is 31.3. The molecule has 0 saturated carbocycles. The predicted octanol–water partition coefficient (Wildman–Crippen LogP) is 7.68. The van der Waals surface area contributed by atoms with Gasteiger partial charge in [0.05, 0.1) is 20.9 Å². The van der Waals surface area contributed by atoms with Crippen LogP contribution in [-0.2, 0) is 14.4 Å². The van der Waals surface area contributed by atoms with Crippen LogP contribution in [0.15, 0.2) is 58.9 Å². The molecule has 0 saturated heterocycles. The monoisotopic (exact) mass is 716 g/mol. The number of ether oxygens (including phenoxy) is 2. The van der Waals surface area contributed by atoms with Gasteiger partial charge in [0.1, 0.15) is 0 Å². The highest BCUT2D eigenvalue weighted by Gasteiger charge is 2.48. The Balaban J connectivity index is 1.55. The molecule has 5 rings (SSSR count). The second-order valence-electron chi connectivity index (χ2n) is 13.2. The minimum absolute atomic E-state index is 0.0804. The summed E-state index contributed by atoms with van der Waals surface area (Å²) >= 11 is 8.37. The van der Waals surface area contributed by atoms with Crippen LogP contribution in [0.2, 0.25) is 5.02 Å². The number of halogens is 2. The fraction of sp³-hybridized carbons (Fsp3) is 0.441. The van der Waals surface area contributed by atoms with Crippen molar-refractivity contribution in [2.45, 2.75) is 66.2 Å². The van der Waals surface area contributed by atoms with E-state index in [1.54, 1.807) is 24.3 Å². The van der Waals surface area contributed by atoms with Crippen LogP contribution in [0.4, 0.5) is 5.69 Å². The molecule has 7 nitrogen and oxygen atoms in total. The Morgan fingerprint density at radius 2 is 1.56 bits per heavy atom. The average Bonchev–Trinajstić information content (AvgIpc) is 2.89. The SMILES string of the molecule is CCOc1cc(C2C3=C(CC(C)(C)CC3=O)N(C)C3=C2C(=O)CC(C)(C)C3)cc(I)c1OCC(=O)Nc1ccccc1Cl. The summed E-state index contributed by atoms with van der Waals surface area (Å²) in [7, 11) is 2.00. The number of nitrogens with one attached hydrogen (secondary N) is 1. The van der Waals surface area contributed by atoms with E-state index >= 15 is 0 Å². The van der Waals surface area contributed by atoms with Crippen molar-refractivity contribution in [2.24, 2.45) is 10.8 Å². The van der Waals surface area contributed by atoms with Gasteiger partial charge in [-0.15, -0.1) is 0 Å². The summed E-state index contributed by atoms with van der Waals surface area (Å²) in [5.74, 6) is 0.211. The first-order valence-electron chi connectivity index (χ1n) is 14.6. The minimum Gasteiger partial charge on any atom is -0.490 e. The quantitative estimate of drug-likeness (QED) is 0.296. The van der Waals surface area contributed by atoms with E-state index in [0.717, 1.165) is 33.4 Å². The Morgan fingerprint density at radius 1 is 0.977 bits per heavy atom. The molecule has 0 aromatic heterocycles. The summed E-state index contributed by atoms with van der Waals surface area (Å²) in [6.07, 6.45) is 2.36. The number of carbonyl (C=O) groups is 3. The van der Waals surface area contributed by atoms with Gasteiger partial charge in [-0.2, -0.15) is 0 Å². The highest BCUT2D eigenvalue weighted by atomic mass is 127. The summed E-state index contributed by atoms with van der Waals surface area (Å²) in [5, 5.41) is 3.21. The lowest BCUT2D eigenvalue weighted by Crippen LogP contribution is -2.43. The van der Waals surface area contributed by atoms with E-state index in [4.69, 9.17) is 21.1 Å². The average molecular weight is 717 g/mol. The minimum atomic E-state index is -0.487. The number of para-hydroxylation sites is 1. The van der Waals surface area contributed by atoms with Crippen molar-refractivity contribution < 1.29 is 23.9 Å². The Labute approximate surface area is 272 Å². The van der Waals surface area contributed by atoms with E-state index in [0.29, 0.717) is 52.8 Å². The number of hydrogen-bond donors (Lipinski definition) is 1. The molecule has 43 heavy (non-hydrogen) atoms. The molecule has 0 fully saturated rings. The van der Waals surface area contributed by atoms with Crippen LogP contribution in [0.3, 0.4) is 0 Å². The van der Waals surface area contributed by atoms with Gasteiger partial charge < -0.3 is 19.7 Å². The van der Waals surface area contributed by atoms with E-state index in [9.17, 15) is 14.4 Å². The van der Waals surface area contributed by atoms with Crippen molar-refractivity contribution >= 4 is 57.4 Å². The number of rotatable bonds is 7. The number of amides is 1. The molecular formula is C34H38ClIN2O5. The summed E-state index contributed by atoms with van der Waals surface area (Å²) in [6, 6.07) is 10.8. The molecule has 0 unspecified atom stereocenters. The van der Waals surface area contributed by atoms with Gasteiger partial charge in [0.25, 0.3) is 5.91 Å². The van der Waals surface area contributed by atoms with Gasteiger partial charge in [0.15, 0.2) is 29.7 Å². The predicted molar refractivity (Wildman–Crippen MR) is 177 cm³/mol. The van der Waals surface area contributed by atoms with Crippen molar-refractivity contribution in [1.29, 1.82) is 0 Å². The van der Waals surface area contributed by atoms with Crippen LogP contribution in [0.1, 0.15) is 71.8 Å². The molecule has 0 spiro atoms. The van der Waals surface area contributed by atoms with Crippen molar-refractivity contribution in [3.05, 3.63) is 73.1 Å². The molecule has 1 heterocycles. The van der Waals surface area contributed by atoms with Crippen LogP contribution in [0.25, 0.3) is 0 Å². The first-order chi connectivity index (χ1) is 20.2. The Bertz CT molecular complexity index is 1520. The molecule has 0 bridgehead atoms. The molecule has 9 heteroatoms. The summed E-state index contributed by atoms with van der Waals surface area (Å²) in [4.78, 5) is 42.6. The Morgan fingerprint density at radius 3 is 2.12 bits per heavy atom. The number of ketones is 2. The van der Waals surface area contributed by atoms with Crippen molar-refractivity contribution in [1.82, 2.24) is 4.90 Å². The molecule has 0 radical (unpaired) electrons. The van der Waals surface area contributed by atoms with Gasteiger partial charge in [-0.1, -0.05) is 51.4 Å². The molecule has 1 N–H and O–H groups in total. The first kappa shape index (κ1) is 31.6. The first-order valence-corrected chi connectivity index (χ1v) is 16.1.